The number of hydrogen-bond donors (Lipinski definition) is 0. The van der Waals surface area contributed by atoms with E-state index in [0.29, 0.717) is 23.8 Å². The van der Waals surface area contributed by atoms with Gasteiger partial charge >= 0.3 is 0 Å². The SMILES string of the molecule is O=C1C2CCCCCC2C(C2CCCCCCCC2)N1C1=CC=CC=CC=C1. The van der Waals surface area contributed by atoms with Crippen molar-refractivity contribution >= 4 is 5.91 Å². The van der Waals surface area contributed by atoms with Crippen molar-refractivity contribution in [3.8, 4) is 0 Å². The third-order valence-corrected chi connectivity index (χ3v) is 7.50. The number of carbonyl (C=O) groups excluding carboxylic acids is 1. The predicted octanol–water partition coefficient (Wildman–Crippen LogP) is 6.71. The summed E-state index contributed by atoms with van der Waals surface area (Å²) in [6.45, 7) is 0. The van der Waals surface area contributed by atoms with E-state index in [9.17, 15) is 4.79 Å². The van der Waals surface area contributed by atoms with Crippen LogP contribution in [0.4, 0.5) is 0 Å². The van der Waals surface area contributed by atoms with Gasteiger partial charge in [0.05, 0.1) is 0 Å². The molecule has 1 amide bonds. The molecule has 0 aromatic rings. The van der Waals surface area contributed by atoms with Crippen molar-refractivity contribution in [2.75, 3.05) is 0 Å². The number of carbonyl (C=O) groups is 1. The molecule has 3 atom stereocenters. The maximum Gasteiger partial charge on any atom is 0.230 e. The zero-order valence-electron chi connectivity index (χ0n) is 17.4. The van der Waals surface area contributed by atoms with Gasteiger partial charge in [-0.1, -0.05) is 88.2 Å². The molecular weight excluding hydrogens is 342 g/mol. The van der Waals surface area contributed by atoms with Crippen LogP contribution in [0.2, 0.25) is 0 Å². The zero-order valence-corrected chi connectivity index (χ0v) is 17.4. The first-order valence-corrected chi connectivity index (χ1v) is 11.9. The second-order valence-corrected chi connectivity index (χ2v) is 9.29. The van der Waals surface area contributed by atoms with Gasteiger partial charge in [-0.25, -0.2) is 0 Å². The maximum atomic E-state index is 13.7. The molecule has 0 spiro atoms. The van der Waals surface area contributed by atoms with Crippen LogP contribution in [-0.4, -0.2) is 16.8 Å². The average molecular weight is 380 g/mol. The standard InChI is InChI=1S/C26H37NO/c28-26-24-20-14-8-13-19-23(24)25(21-15-9-4-1-2-5-10-16-21)27(26)22-17-11-6-3-7-12-18-22/h3,6-7,11-12,17-18,21,23-25H,1-2,4-5,8-10,13-16,19-20H2. The Morgan fingerprint density at radius 1 is 0.679 bits per heavy atom. The zero-order chi connectivity index (χ0) is 19.2. The number of allylic oxidation sites excluding steroid dienone is 7. The number of nitrogens with zero attached hydrogens (tertiary/aromatic N) is 1. The molecule has 4 aliphatic rings. The number of fused-ring (bicyclic) bond motifs is 1. The van der Waals surface area contributed by atoms with Gasteiger partial charge in [-0.2, -0.15) is 0 Å². The van der Waals surface area contributed by atoms with E-state index in [1.165, 1.54) is 77.0 Å². The van der Waals surface area contributed by atoms with Gasteiger partial charge in [0.2, 0.25) is 5.91 Å². The number of hydrogen-bond acceptors (Lipinski definition) is 1. The molecule has 0 radical (unpaired) electrons. The van der Waals surface area contributed by atoms with Crippen molar-refractivity contribution in [1.29, 1.82) is 0 Å². The molecule has 2 heteroatoms. The Hall–Kier alpha value is -1.57. The second kappa shape index (κ2) is 9.76. The number of rotatable bonds is 2. The Balaban J connectivity index is 1.67. The van der Waals surface area contributed by atoms with Gasteiger partial charge < -0.3 is 4.90 Å². The molecule has 1 aliphatic heterocycles. The lowest BCUT2D eigenvalue weighted by atomic mass is 9.77. The summed E-state index contributed by atoms with van der Waals surface area (Å²) < 4.78 is 0. The minimum atomic E-state index is 0.263. The Bertz CT molecular complexity index is 645. The van der Waals surface area contributed by atoms with E-state index in [2.05, 4.69) is 47.4 Å². The summed E-state index contributed by atoms with van der Waals surface area (Å²) in [5, 5.41) is 0. The molecule has 2 nitrogen and oxygen atoms in total. The van der Waals surface area contributed by atoms with Crippen molar-refractivity contribution in [2.24, 2.45) is 17.8 Å². The average Bonchev–Trinajstić information content (AvgIpc) is 2.81. The van der Waals surface area contributed by atoms with Gasteiger partial charge in [-0.3, -0.25) is 4.79 Å². The van der Waals surface area contributed by atoms with Crippen molar-refractivity contribution in [1.82, 2.24) is 4.90 Å². The van der Waals surface area contributed by atoms with Crippen LogP contribution in [0.1, 0.15) is 83.5 Å². The van der Waals surface area contributed by atoms with Gasteiger partial charge in [-0.15, -0.1) is 0 Å². The fourth-order valence-electron chi connectivity index (χ4n) is 6.15. The second-order valence-electron chi connectivity index (χ2n) is 9.29. The molecule has 0 bridgehead atoms. The van der Waals surface area contributed by atoms with Crippen molar-refractivity contribution in [3.63, 3.8) is 0 Å². The van der Waals surface area contributed by atoms with Crippen LogP contribution >= 0.6 is 0 Å². The molecule has 3 fully saturated rings. The van der Waals surface area contributed by atoms with Crippen LogP contribution in [0.5, 0.6) is 0 Å². The highest BCUT2D eigenvalue weighted by Crippen LogP contribution is 2.47. The monoisotopic (exact) mass is 379 g/mol. The molecule has 0 aromatic heterocycles. The Morgan fingerprint density at radius 3 is 2.11 bits per heavy atom. The summed E-state index contributed by atoms with van der Waals surface area (Å²) in [5.41, 5.74) is 1.11. The van der Waals surface area contributed by atoms with Crippen molar-refractivity contribution in [2.45, 2.75) is 89.5 Å². The highest BCUT2D eigenvalue weighted by Gasteiger charge is 2.50. The summed E-state index contributed by atoms with van der Waals surface area (Å²) in [6.07, 6.45) is 31.8. The van der Waals surface area contributed by atoms with Gasteiger partial charge in [-0.05, 0) is 49.7 Å². The Kier molecular flexibility index (Phi) is 6.88. The van der Waals surface area contributed by atoms with Crippen LogP contribution in [0, 0.1) is 17.8 Å². The highest BCUT2D eigenvalue weighted by atomic mass is 16.2. The van der Waals surface area contributed by atoms with E-state index in [-0.39, 0.29) is 5.92 Å². The van der Waals surface area contributed by atoms with Crippen LogP contribution in [0.3, 0.4) is 0 Å². The summed E-state index contributed by atoms with van der Waals surface area (Å²) in [6, 6.07) is 0.418. The quantitative estimate of drug-likeness (QED) is 0.522. The molecule has 3 unspecified atom stereocenters. The first-order valence-electron chi connectivity index (χ1n) is 11.9. The minimum absolute atomic E-state index is 0.263. The molecule has 152 valence electrons. The summed E-state index contributed by atoms with van der Waals surface area (Å²) in [4.78, 5) is 15.9. The maximum absolute atomic E-state index is 13.7. The third kappa shape index (κ3) is 4.36. The number of amides is 1. The molecule has 4 rings (SSSR count). The normalized spacial score (nSPS) is 32.6. The Morgan fingerprint density at radius 2 is 1.29 bits per heavy atom. The van der Waals surface area contributed by atoms with Crippen LogP contribution in [-0.2, 0) is 4.79 Å². The van der Waals surface area contributed by atoms with Gasteiger partial charge in [0.25, 0.3) is 0 Å². The van der Waals surface area contributed by atoms with E-state index >= 15 is 0 Å². The third-order valence-electron chi connectivity index (χ3n) is 7.50. The predicted molar refractivity (Wildman–Crippen MR) is 117 cm³/mol. The topological polar surface area (TPSA) is 20.3 Å². The fourth-order valence-corrected chi connectivity index (χ4v) is 6.15. The minimum Gasteiger partial charge on any atom is -0.309 e. The molecule has 0 aromatic carbocycles. The van der Waals surface area contributed by atoms with E-state index < -0.39 is 0 Å². The molecule has 1 heterocycles. The molecule has 3 aliphatic carbocycles. The fraction of sp³-hybridized carbons (Fsp3) is 0.654. The lowest BCUT2D eigenvalue weighted by Gasteiger charge is -2.36. The molecule has 28 heavy (non-hydrogen) atoms. The summed E-state index contributed by atoms with van der Waals surface area (Å²) >= 11 is 0. The van der Waals surface area contributed by atoms with Crippen molar-refractivity contribution in [3.05, 3.63) is 48.2 Å². The van der Waals surface area contributed by atoms with Gasteiger partial charge in [0, 0.05) is 17.7 Å². The van der Waals surface area contributed by atoms with E-state index in [1.54, 1.807) is 0 Å². The smallest absolute Gasteiger partial charge is 0.230 e. The largest absolute Gasteiger partial charge is 0.309 e. The summed E-state index contributed by atoms with van der Waals surface area (Å²) in [7, 11) is 0. The lowest BCUT2D eigenvalue weighted by Crippen LogP contribution is -2.40. The lowest BCUT2D eigenvalue weighted by molar-refractivity contribution is -0.130. The highest BCUT2D eigenvalue weighted by molar-refractivity contribution is 5.84. The molecule has 0 N–H and O–H groups in total. The first kappa shape index (κ1) is 19.7. The van der Waals surface area contributed by atoms with Crippen LogP contribution in [0.25, 0.3) is 0 Å². The van der Waals surface area contributed by atoms with Gasteiger partial charge in [0.1, 0.15) is 0 Å². The number of likely N-dealkylation sites (tertiary alicyclic amines) is 1. The molecule has 1 saturated heterocycles. The van der Waals surface area contributed by atoms with Crippen molar-refractivity contribution < 1.29 is 4.79 Å². The van der Waals surface area contributed by atoms with Crippen LogP contribution < -0.4 is 0 Å². The molecular formula is C26H37NO. The molecule has 2 saturated carbocycles. The van der Waals surface area contributed by atoms with Crippen LogP contribution in [0.15, 0.2) is 48.2 Å². The Labute approximate surface area is 171 Å². The first-order chi connectivity index (χ1) is 13.9. The van der Waals surface area contributed by atoms with E-state index in [4.69, 9.17) is 0 Å². The van der Waals surface area contributed by atoms with E-state index in [0.717, 1.165) is 12.1 Å². The van der Waals surface area contributed by atoms with E-state index in [1.807, 2.05) is 0 Å². The van der Waals surface area contributed by atoms with Gasteiger partial charge in [0.15, 0.2) is 0 Å². The summed E-state index contributed by atoms with van der Waals surface area (Å²) in [5.74, 6) is 1.93.